The van der Waals surface area contributed by atoms with Gasteiger partial charge in [0.25, 0.3) is 0 Å². The Morgan fingerprint density at radius 1 is 1.38 bits per heavy atom. The molecule has 139 valence electrons. The van der Waals surface area contributed by atoms with Gasteiger partial charge in [0.15, 0.2) is 0 Å². The number of rotatable bonds is 9. The zero-order valence-corrected chi connectivity index (χ0v) is 15.3. The van der Waals surface area contributed by atoms with Crippen LogP contribution in [0, 0.1) is 11.8 Å². The van der Waals surface area contributed by atoms with Crippen molar-refractivity contribution < 1.29 is 9.53 Å². The molecule has 0 aromatic heterocycles. The number of hydrogen-bond donors (Lipinski definition) is 0. The highest BCUT2D eigenvalue weighted by atomic mass is 16.5. The fraction of sp³-hybridized carbons (Fsp3) is 0.579. The van der Waals surface area contributed by atoms with Crippen LogP contribution >= 0.6 is 0 Å². The van der Waals surface area contributed by atoms with Gasteiger partial charge in [-0.2, -0.15) is 10.2 Å². The van der Waals surface area contributed by atoms with Crippen LogP contribution in [0.3, 0.4) is 0 Å². The van der Waals surface area contributed by atoms with Crippen LogP contribution < -0.4 is 0 Å². The van der Waals surface area contributed by atoms with E-state index in [9.17, 15) is 4.79 Å². The Labute approximate surface area is 154 Å². The summed E-state index contributed by atoms with van der Waals surface area (Å²) in [4.78, 5) is 15.5. The van der Waals surface area contributed by atoms with Crippen LogP contribution in [0.5, 0.6) is 0 Å². The first kappa shape index (κ1) is 19.9. The third-order valence-corrected chi connectivity index (χ3v) is 4.82. The number of esters is 1. The third-order valence-electron chi connectivity index (χ3n) is 4.82. The van der Waals surface area contributed by atoms with Crippen molar-refractivity contribution in [2.45, 2.75) is 45.1 Å². The van der Waals surface area contributed by atoms with Gasteiger partial charge < -0.3 is 4.74 Å². The molecule has 0 saturated heterocycles. The third kappa shape index (κ3) is 5.30. The van der Waals surface area contributed by atoms with Crippen LogP contribution in [0.1, 0.15) is 44.6 Å². The first-order valence-corrected chi connectivity index (χ1v) is 9.16. The van der Waals surface area contributed by atoms with E-state index >= 15 is 0 Å². The number of ether oxygens (including phenoxy) is 1. The second-order valence-corrected chi connectivity index (χ2v) is 6.40. The lowest BCUT2D eigenvalue weighted by atomic mass is 9.68. The minimum atomic E-state index is -0.737. The highest BCUT2D eigenvalue weighted by Gasteiger charge is 2.48. The predicted molar refractivity (Wildman–Crippen MR) is 99.5 cm³/mol. The summed E-state index contributed by atoms with van der Waals surface area (Å²) in [5, 5.41) is 12.4. The second-order valence-electron chi connectivity index (χ2n) is 6.40. The lowest BCUT2D eigenvalue weighted by Crippen LogP contribution is -2.45. The lowest BCUT2D eigenvalue weighted by molar-refractivity contribution is -0.159. The summed E-state index contributed by atoms with van der Waals surface area (Å²) in [6, 6.07) is 9.72. The molecular formula is C19H26N5O2. The Morgan fingerprint density at radius 2 is 2.19 bits per heavy atom. The molecular weight excluding hydrogens is 330 g/mol. The van der Waals surface area contributed by atoms with Gasteiger partial charge in [-0.25, -0.2) is 0 Å². The quantitative estimate of drug-likeness (QED) is 0.272. The van der Waals surface area contributed by atoms with Crippen molar-refractivity contribution in [1.29, 1.82) is 0 Å². The lowest BCUT2D eigenvalue weighted by Gasteiger charge is -2.39. The molecule has 0 amide bonds. The van der Waals surface area contributed by atoms with Crippen LogP contribution in [0.2, 0.25) is 0 Å². The number of carbonyl (C=O) groups excluding carboxylic acids is 1. The minimum absolute atomic E-state index is 0.228. The van der Waals surface area contributed by atoms with Gasteiger partial charge in [0, 0.05) is 17.9 Å². The number of benzene rings is 1. The average Bonchev–Trinajstić information content (AvgIpc) is 2.67. The minimum Gasteiger partial charge on any atom is -0.466 e. The zero-order valence-electron chi connectivity index (χ0n) is 15.3. The molecule has 0 bridgehead atoms. The molecule has 0 spiro atoms. The van der Waals surface area contributed by atoms with Crippen molar-refractivity contribution in [1.82, 2.24) is 0 Å². The van der Waals surface area contributed by atoms with Gasteiger partial charge in [0.05, 0.1) is 24.6 Å². The van der Waals surface area contributed by atoms with E-state index < -0.39 is 5.41 Å². The van der Waals surface area contributed by atoms with E-state index in [1.807, 2.05) is 36.8 Å². The number of azide groups is 1. The molecule has 7 heteroatoms. The molecule has 2 unspecified atom stereocenters. The van der Waals surface area contributed by atoms with Gasteiger partial charge in [-0.05, 0) is 37.3 Å². The van der Waals surface area contributed by atoms with Crippen LogP contribution in [0.15, 0.2) is 45.7 Å². The Balaban J connectivity index is 2.08. The summed E-state index contributed by atoms with van der Waals surface area (Å²) in [5.74, 6) is -0.246. The van der Waals surface area contributed by atoms with Gasteiger partial charge in [0.2, 0.25) is 0 Å². The molecule has 1 radical (unpaired) electrons. The largest absolute Gasteiger partial charge is 0.466 e. The molecule has 1 saturated carbocycles. The second kappa shape index (κ2) is 10.6. The van der Waals surface area contributed by atoms with Gasteiger partial charge in [-0.15, -0.1) is 0 Å². The summed E-state index contributed by atoms with van der Waals surface area (Å²) >= 11 is 0. The number of nitrogens with zero attached hydrogens (tertiary/aromatic N) is 5. The normalized spacial score (nSPS) is 22.7. The van der Waals surface area contributed by atoms with Crippen molar-refractivity contribution in [3.8, 4) is 0 Å². The van der Waals surface area contributed by atoms with Crippen LogP contribution in [0.25, 0.3) is 10.4 Å². The monoisotopic (exact) mass is 356 g/mol. The summed E-state index contributed by atoms with van der Waals surface area (Å²) in [6.07, 6.45) is 5.88. The standard InChI is InChI=1S/C19H26N5O2/c1-2-26-18(25)19(13-15-22-24-20)12-7-6-10-17(19)23-21-14-11-16-8-4-3-5-9-16/h3-5,8-9,11,17H,2,6-7,10,12-15H2,1H3. The Morgan fingerprint density at radius 3 is 2.92 bits per heavy atom. The molecule has 0 aliphatic heterocycles. The molecule has 1 fully saturated rings. The number of hydrogen-bond acceptors (Lipinski definition) is 5. The van der Waals surface area contributed by atoms with E-state index in [-0.39, 0.29) is 18.6 Å². The molecule has 1 aliphatic carbocycles. The first-order valence-electron chi connectivity index (χ1n) is 9.16. The van der Waals surface area contributed by atoms with E-state index in [1.165, 1.54) is 0 Å². The van der Waals surface area contributed by atoms with Crippen LogP contribution in [0.4, 0.5) is 0 Å². The Kier molecular flexibility index (Phi) is 8.09. The maximum atomic E-state index is 12.7. The van der Waals surface area contributed by atoms with Gasteiger partial charge >= 0.3 is 5.97 Å². The Hall–Kier alpha value is -2.40. The van der Waals surface area contributed by atoms with Crippen LogP contribution in [-0.4, -0.2) is 31.7 Å². The summed E-state index contributed by atoms with van der Waals surface area (Å²) in [6.45, 7) is 2.86. The molecule has 2 atom stereocenters. The summed E-state index contributed by atoms with van der Waals surface area (Å²) in [5.41, 5.74) is 8.92. The highest BCUT2D eigenvalue weighted by molar-refractivity contribution is 5.78. The van der Waals surface area contributed by atoms with Crippen molar-refractivity contribution in [3.05, 3.63) is 52.8 Å². The molecule has 2 rings (SSSR count). The fourth-order valence-electron chi connectivity index (χ4n) is 3.47. The van der Waals surface area contributed by atoms with Crippen molar-refractivity contribution >= 4 is 5.97 Å². The molecule has 1 aliphatic rings. The van der Waals surface area contributed by atoms with Crippen molar-refractivity contribution in [3.63, 3.8) is 0 Å². The van der Waals surface area contributed by atoms with E-state index in [4.69, 9.17) is 10.3 Å². The fourth-order valence-corrected chi connectivity index (χ4v) is 3.47. The maximum absolute atomic E-state index is 12.7. The zero-order chi connectivity index (χ0) is 18.7. The molecule has 0 heterocycles. The van der Waals surface area contributed by atoms with E-state index in [2.05, 4.69) is 20.3 Å². The van der Waals surface area contributed by atoms with E-state index in [0.717, 1.165) is 24.8 Å². The van der Waals surface area contributed by atoms with E-state index in [1.54, 1.807) is 6.92 Å². The SMILES string of the molecule is CCOC(=O)C1(CCN=[N+]=[N-])CCCCC1N=NC[CH]c1ccccc1. The smallest absolute Gasteiger partial charge is 0.314 e. The summed E-state index contributed by atoms with van der Waals surface area (Å²) in [7, 11) is 0. The Bertz CT molecular complexity index is 643. The van der Waals surface area contributed by atoms with Crippen molar-refractivity contribution in [2.75, 3.05) is 19.7 Å². The highest BCUT2D eigenvalue weighted by Crippen LogP contribution is 2.43. The van der Waals surface area contributed by atoms with Crippen LogP contribution in [-0.2, 0) is 9.53 Å². The molecule has 1 aromatic carbocycles. The van der Waals surface area contributed by atoms with Gasteiger partial charge in [0.1, 0.15) is 0 Å². The predicted octanol–water partition coefficient (Wildman–Crippen LogP) is 4.88. The maximum Gasteiger partial charge on any atom is 0.314 e. The van der Waals surface area contributed by atoms with E-state index in [0.29, 0.717) is 26.0 Å². The van der Waals surface area contributed by atoms with Gasteiger partial charge in [-0.3, -0.25) is 4.79 Å². The van der Waals surface area contributed by atoms with Crippen molar-refractivity contribution in [2.24, 2.45) is 20.8 Å². The molecule has 1 aromatic rings. The van der Waals surface area contributed by atoms with Gasteiger partial charge in [-0.1, -0.05) is 48.3 Å². The number of carbonyl (C=O) groups is 1. The average molecular weight is 356 g/mol. The first-order chi connectivity index (χ1) is 12.7. The summed E-state index contributed by atoms with van der Waals surface area (Å²) < 4.78 is 5.34. The molecule has 26 heavy (non-hydrogen) atoms. The molecule has 7 nitrogen and oxygen atoms in total. The molecule has 0 N–H and O–H groups in total. The topological polar surface area (TPSA) is 99.8 Å². The number of azo groups is 1.